The van der Waals surface area contributed by atoms with Crippen molar-refractivity contribution >= 4 is 22.7 Å². The van der Waals surface area contributed by atoms with E-state index in [0.29, 0.717) is 29.0 Å². The van der Waals surface area contributed by atoms with Crippen molar-refractivity contribution in [3.8, 4) is 16.8 Å². The standard InChI is InChI=1S/C36H38N6O/c1-24-21-28(27-15-19-38-20-16-27)9-12-32(24)33-22-29-23-39-36(41-34(29)42(35(33)43)31-5-3-2-4-6-31)40-30-10-7-25(8-11-30)26-13-17-37-18-14-26/h2-12,21-23,26-27,37-38H,13-20H2,1H3,(H,39,40,41). The van der Waals surface area contributed by atoms with Gasteiger partial charge in [0.1, 0.15) is 0 Å². The Kier molecular flexibility index (Phi) is 7.75. The molecule has 7 nitrogen and oxygen atoms in total. The number of anilines is 2. The second-order valence-electron chi connectivity index (χ2n) is 11.9. The Labute approximate surface area is 252 Å². The SMILES string of the molecule is Cc1cc(C2CCNCC2)ccc1-c1cc2cnc(Nc3ccc(C4CCNCC4)cc3)nc2n(-c2ccccc2)c1=O. The smallest absolute Gasteiger partial charge is 0.264 e. The summed E-state index contributed by atoms with van der Waals surface area (Å²) in [5, 5.41) is 11.1. The number of fused-ring (bicyclic) bond motifs is 1. The van der Waals surface area contributed by atoms with Gasteiger partial charge in [-0.1, -0.05) is 48.5 Å². The Morgan fingerprint density at radius 1 is 0.767 bits per heavy atom. The van der Waals surface area contributed by atoms with E-state index in [2.05, 4.69) is 70.3 Å². The maximum Gasteiger partial charge on any atom is 0.264 e. The third-order valence-corrected chi connectivity index (χ3v) is 9.08. The molecule has 0 aliphatic carbocycles. The van der Waals surface area contributed by atoms with E-state index in [0.717, 1.165) is 66.9 Å². The minimum atomic E-state index is -0.0904. The quantitative estimate of drug-likeness (QED) is 0.218. The molecule has 7 rings (SSSR count). The molecule has 3 N–H and O–H groups in total. The van der Waals surface area contributed by atoms with E-state index in [-0.39, 0.29) is 5.56 Å². The van der Waals surface area contributed by atoms with Gasteiger partial charge in [0.2, 0.25) is 5.95 Å². The first kappa shape index (κ1) is 27.5. The van der Waals surface area contributed by atoms with Crippen LogP contribution >= 0.6 is 0 Å². The molecule has 3 aromatic carbocycles. The number of nitrogens with one attached hydrogen (secondary N) is 3. The van der Waals surface area contributed by atoms with Crippen LogP contribution in [0.1, 0.15) is 54.2 Å². The van der Waals surface area contributed by atoms with Crippen LogP contribution in [0.2, 0.25) is 0 Å². The summed E-state index contributed by atoms with van der Waals surface area (Å²) < 4.78 is 1.72. The van der Waals surface area contributed by atoms with Gasteiger partial charge in [-0.15, -0.1) is 0 Å². The van der Waals surface area contributed by atoms with Crippen LogP contribution in [-0.4, -0.2) is 40.7 Å². The Morgan fingerprint density at radius 2 is 1.42 bits per heavy atom. The lowest BCUT2D eigenvalue weighted by molar-refractivity contribution is 0.460. The van der Waals surface area contributed by atoms with E-state index in [4.69, 9.17) is 4.98 Å². The fourth-order valence-corrected chi connectivity index (χ4v) is 6.69. The van der Waals surface area contributed by atoms with Crippen LogP contribution in [0.15, 0.2) is 89.9 Å². The summed E-state index contributed by atoms with van der Waals surface area (Å²) in [7, 11) is 0. The van der Waals surface area contributed by atoms with Gasteiger partial charge in [0.15, 0.2) is 5.65 Å². The fraction of sp³-hybridized carbons (Fsp3) is 0.306. The number of para-hydroxylation sites is 1. The molecule has 5 aromatic rings. The van der Waals surface area contributed by atoms with Gasteiger partial charge in [-0.05, 0) is 123 Å². The molecule has 7 heteroatoms. The number of pyridine rings is 1. The number of hydrogen-bond acceptors (Lipinski definition) is 6. The Bertz CT molecular complexity index is 1790. The molecule has 43 heavy (non-hydrogen) atoms. The van der Waals surface area contributed by atoms with Gasteiger partial charge >= 0.3 is 0 Å². The Morgan fingerprint density at radius 3 is 2.09 bits per heavy atom. The summed E-state index contributed by atoms with van der Waals surface area (Å²) >= 11 is 0. The molecular formula is C36H38N6O. The first-order valence-corrected chi connectivity index (χ1v) is 15.5. The molecule has 2 aliphatic heterocycles. The maximum absolute atomic E-state index is 14.2. The van der Waals surface area contributed by atoms with Crippen molar-refractivity contribution in [3.05, 3.63) is 112 Å². The van der Waals surface area contributed by atoms with Crippen LogP contribution < -0.4 is 21.5 Å². The van der Waals surface area contributed by atoms with Crippen molar-refractivity contribution in [2.75, 3.05) is 31.5 Å². The van der Waals surface area contributed by atoms with Crippen LogP contribution in [0.25, 0.3) is 27.8 Å². The molecule has 0 bridgehead atoms. The highest BCUT2D eigenvalue weighted by Gasteiger charge is 2.20. The minimum absolute atomic E-state index is 0.0904. The second-order valence-corrected chi connectivity index (χ2v) is 11.9. The van der Waals surface area contributed by atoms with Crippen molar-refractivity contribution in [2.24, 2.45) is 0 Å². The zero-order valence-corrected chi connectivity index (χ0v) is 24.6. The van der Waals surface area contributed by atoms with Crippen LogP contribution in [0.4, 0.5) is 11.6 Å². The van der Waals surface area contributed by atoms with Crippen LogP contribution in [0.5, 0.6) is 0 Å². The lowest BCUT2D eigenvalue weighted by Gasteiger charge is -2.24. The molecule has 2 aromatic heterocycles. The lowest BCUT2D eigenvalue weighted by Crippen LogP contribution is -2.26. The molecule has 0 saturated carbocycles. The number of benzene rings is 3. The number of aromatic nitrogens is 3. The first-order valence-electron chi connectivity index (χ1n) is 15.5. The summed E-state index contributed by atoms with van der Waals surface area (Å²) in [5.74, 6) is 1.62. The second kappa shape index (κ2) is 12.1. The summed E-state index contributed by atoms with van der Waals surface area (Å²) in [6.07, 6.45) is 6.44. The van der Waals surface area contributed by atoms with Crippen molar-refractivity contribution < 1.29 is 0 Å². The van der Waals surface area contributed by atoms with E-state index in [1.807, 2.05) is 42.6 Å². The number of rotatable bonds is 6. The number of piperidine rings is 2. The van der Waals surface area contributed by atoms with Crippen LogP contribution in [0, 0.1) is 6.92 Å². The van der Waals surface area contributed by atoms with Crippen LogP contribution in [0.3, 0.4) is 0 Å². The average Bonchev–Trinajstić information content (AvgIpc) is 3.06. The highest BCUT2D eigenvalue weighted by molar-refractivity contribution is 5.84. The van der Waals surface area contributed by atoms with Gasteiger partial charge in [-0.25, -0.2) is 4.98 Å². The number of hydrogen-bond donors (Lipinski definition) is 3. The van der Waals surface area contributed by atoms with Crippen LogP contribution in [-0.2, 0) is 0 Å². The van der Waals surface area contributed by atoms with E-state index >= 15 is 0 Å². The van der Waals surface area contributed by atoms with E-state index in [1.165, 1.54) is 24.0 Å². The average molecular weight is 571 g/mol. The monoisotopic (exact) mass is 570 g/mol. The maximum atomic E-state index is 14.2. The highest BCUT2D eigenvalue weighted by atomic mass is 16.1. The van der Waals surface area contributed by atoms with Crippen molar-refractivity contribution in [3.63, 3.8) is 0 Å². The molecule has 4 heterocycles. The zero-order valence-electron chi connectivity index (χ0n) is 24.6. The molecule has 0 unspecified atom stereocenters. The fourth-order valence-electron chi connectivity index (χ4n) is 6.69. The highest BCUT2D eigenvalue weighted by Crippen LogP contribution is 2.31. The molecule has 0 atom stereocenters. The molecular weight excluding hydrogens is 532 g/mol. The summed E-state index contributed by atoms with van der Waals surface area (Å²) in [4.78, 5) is 23.8. The normalized spacial score (nSPS) is 16.4. The molecule has 0 radical (unpaired) electrons. The molecule has 2 saturated heterocycles. The summed E-state index contributed by atoms with van der Waals surface area (Å²) in [6.45, 7) is 6.36. The predicted octanol–water partition coefficient (Wildman–Crippen LogP) is 6.43. The largest absolute Gasteiger partial charge is 0.324 e. The van der Waals surface area contributed by atoms with Crippen molar-refractivity contribution in [2.45, 2.75) is 44.4 Å². The van der Waals surface area contributed by atoms with E-state index in [9.17, 15) is 4.79 Å². The molecule has 0 spiro atoms. The van der Waals surface area contributed by atoms with Gasteiger partial charge in [-0.3, -0.25) is 9.36 Å². The van der Waals surface area contributed by atoms with Gasteiger partial charge < -0.3 is 16.0 Å². The Hall–Kier alpha value is -4.33. The minimum Gasteiger partial charge on any atom is -0.324 e. The van der Waals surface area contributed by atoms with Crippen molar-refractivity contribution in [1.29, 1.82) is 0 Å². The first-order chi connectivity index (χ1) is 21.1. The van der Waals surface area contributed by atoms with Gasteiger partial charge in [0.25, 0.3) is 5.56 Å². The van der Waals surface area contributed by atoms with Crippen molar-refractivity contribution in [1.82, 2.24) is 25.2 Å². The molecule has 2 fully saturated rings. The van der Waals surface area contributed by atoms with E-state index in [1.54, 1.807) is 4.57 Å². The number of aryl methyl sites for hydroxylation is 1. The number of nitrogens with zero attached hydrogens (tertiary/aromatic N) is 3. The third kappa shape index (κ3) is 5.70. The predicted molar refractivity (Wildman–Crippen MR) is 175 cm³/mol. The Balaban J connectivity index is 1.26. The topological polar surface area (TPSA) is 83.9 Å². The van der Waals surface area contributed by atoms with Gasteiger partial charge in [0.05, 0.1) is 5.69 Å². The molecule has 0 amide bonds. The zero-order chi connectivity index (χ0) is 29.2. The van der Waals surface area contributed by atoms with Gasteiger partial charge in [0, 0.05) is 22.8 Å². The van der Waals surface area contributed by atoms with E-state index < -0.39 is 0 Å². The molecule has 2 aliphatic rings. The lowest BCUT2D eigenvalue weighted by atomic mass is 9.87. The van der Waals surface area contributed by atoms with Gasteiger partial charge in [-0.2, -0.15) is 4.98 Å². The summed E-state index contributed by atoms with van der Waals surface area (Å²) in [5.41, 5.74) is 7.63. The molecule has 218 valence electrons. The third-order valence-electron chi connectivity index (χ3n) is 9.08. The summed E-state index contributed by atoms with van der Waals surface area (Å²) in [6, 6.07) is 26.9.